The van der Waals surface area contributed by atoms with Crippen LogP contribution in [0.1, 0.15) is 60.6 Å². The van der Waals surface area contributed by atoms with Gasteiger partial charge in [-0.05, 0) is 74.9 Å². The molecule has 0 aromatic heterocycles. The van der Waals surface area contributed by atoms with Crippen LogP contribution in [-0.4, -0.2) is 28.1 Å². The van der Waals surface area contributed by atoms with E-state index in [0.717, 1.165) is 36.9 Å². The van der Waals surface area contributed by atoms with Crippen molar-refractivity contribution in [3.63, 3.8) is 0 Å². The lowest BCUT2D eigenvalue weighted by Gasteiger charge is -2.25. The Balaban J connectivity index is 1.70. The molecule has 138 valence electrons. The Kier molecular flexibility index (Phi) is 5.42. The van der Waals surface area contributed by atoms with Crippen molar-refractivity contribution in [2.45, 2.75) is 51.2 Å². The molecule has 0 saturated carbocycles. The van der Waals surface area contributed by atoms with Gasteiger partial charge in [-0.25, -0.2) is 4.39 Å². The number of hydrogen-bond acceptors (Lipinski definition) is 2. The molecule has 2 aromatic carbocycles. The van der Waals surface area contributed by atoms with Crippen LogP contribution in [0.4, 0.5) is 4.39 Å². The number of likely N-dealkylation sites (tertiary alicyclic amines) is 1. The van der Waals surface area contributed by atoms with E-state index in [9.17, 15) is 14.3 Å². The average molecular weight is 355 g/mol. The van der Waals surface area contributed by atoms with Gasteiger partial charge in [0.25, 0.3) is 5.91 Å². The first-order valence-electron chi connectivity index (χ1n) is 9.21. The lowest BCUT2D eigenvalue weighted by Crippen LogP contribution is -2.30. The van der Waals surface area contributed by atoms with Gasteiger partial charge in [0.15, 0.2) is 0 Å². The predicted octanol–water partition coefficient (Wildman–Crippen LogP) is 4.51. The van der Waals surface area contributed by atoms with Crippen LogP contribution < -0.4 is 0 Å². The number of nitrogens with zero attached hydrogens (tertiary/aromatic N) is 1. The fourth-order valence-corrected chi connectivity index (χ4v) is 3.47. The summed E-state index contributed by atoms with van der Waals surface area (Å²) in [7, 11) is 0. The highest BCUT2D eigenvalue weighted by atomic mass is 19.1. The quantitative estimate of drug-likeness (QED) is 0.857. The van der Waals surface area contributed by atoms with Gasteiger partial charge in [0.2, 0.25) is 0 Å². The molecule has 1 heterocycles. The summed E-state index contributed by atoms with van der Waals surface area (Å²) in [6.45, 7) is 4.32. The second-order valence-electron chi connectivity index (χ2n) is 7.72. The highest BCUT2D eigenvalue weighted by Crippen LogP contribution is 2.33. The fraction of sp³-hybridized carbons (Fsp3) is 0.409. The number of rotatable bonds is 5. The van der Waals surface area contributed by atoms with Crippen molar-refractivity contribution in [2.24, 2.45) is 0 Å². The Hall–Kier alpha value is -2.20. The number of amides is 1. The summed E-state index contributed by atoms with van der Waals surface area (Å²) in [6.07, 6.45) is 3.32. The minimum Gasteiger partial charge on any atom is -0.390 e. The van der Waals surface area contributed by atoms with Crippen LogP contribution in [0.3, 0.4) is 0 Å². The van der Waals surface area contributed by atoms with Gasteiger partial charge in [0, 0.05) is 12.1 Å². The third-order valence-electron chi connectivity index (χ3n) is 4.99. The minimum atomic E-state index is -0.688. The first-order valence-corrected chi connectivity index (χ1v) is 9.21. The maximum atomic E-state index is 13.2. The minimum absolute atomic E-state index is 0.0120. The smallest absolute Gasteiger partial charge is 0.254 e. The molecule has 0 bridgehead atoms. The molecule has 0 radical (unpaired) electrons. The summed E-state index contributed by atoms with van der Waals surface area (Å²) in [5, 5.41) is 9.84. The largest absolute Gasteiger partial charge is 0.390 e. The van der Waals surface area contributed by atoms with E-state index in [-0.39, 0.29) is 17.8 Å². The molecular formula is C22H26FNO2. The first-order chi connectivity index (χ1) is 12.3. The molecule has 26 heavy (non-hydrogen) atoms. The second-order valence-corrected chi connectivity index (χ2v) is 7.72. The molecule has 1 aliphatic rings. The standard InChI is InChI=1S/C22H26FNO2/c1-22(2,26)14-13-16-5-7-18(8-6-16)21(25)24-15-3-4-20(24)17-9-11-19(23)12-10-17/h5-12,20,26H,3-4,13-15H2,1-2H3. The predicted molar refractivity (Wildman–Crippen MR) is 100 cm³/mol. The number of hydrogen-bond donors (Lipinski definition) is 1. The molecule has 2 aromatic rings. The van der Waals surface area contributed by atoms with Gasteiger partial charge in [-0.3, -0.25) is 4.79 Å². The molecule has 1 aliphatic heterocycles. The third kappa shape index (κ3) is 4.50. The molecular weight excluding hydrogens is 329 g/mol. The number of halogens is 1. The molecule has 3 nitrogen and oxygen atoms in total. The zero-order chi connectivity index (χ0) is 18.7. The van der Waals surface area contributed by atoms with Crippen molar-refractivity contribution in [3.8, 4) is 0 Å². The van der Waals surface area contributed by atoms with Gasteiger partial charge in [0.05, 0.1) is 11.6 Å². The van der Waals surface area contributed by atoms with Crippen molar-refractivity contribution in [2.75, 3.05) is 6.54 Å². The lowest BCUT2D eigenvalue weighted by molar-refractivity contribution is 0.0710. The summed E-state index contributed by atoms with van der Waals surface area (Å²) in [6, 6.07) is 14.1. The van der Waals surface area contributed by atoms with Crippen LogP contribution in [0.5, 0.6) is 0 Å². The van der Waals surface area contributed by atoms with Crippen molar-refractivity contribution in [1.82, 2.24) is 4.90 Å². The van der Waals surface area contributed by atoms with Crippen LogP contribution >= 0.6 is 0 Å². The number of benzene rings is 2. The van der Waals surface area contributed by atoms with E-state index >= 15 is 0 Å². The van der Waals surface area contributed by atoms with Gasteiger partial charge in [-0.2, -0.15) is 0 Å². The number of carbonyl (C=O) groups is 1. The summed E-state index contributed by atoms with van der Waals surface area (Å²) in [4.78, 5) is 14.8. The van der Waals surface area contributed by atoms with Gasteiger partial charge in [0.1, 0.15) is 5.82 Å². The van der Waals surface area contributed by atoms with E-state index in [4.69, 9.17) is 0 Å². The van der Waals surface area contributed by atoms with Crippen molar-refractivity contribution in [3.05, 3.63) is 71.0 Å². The highest BCUT2D eigenvalue weighted by Gasteiger charge is 2.30. The summed E-state index contributed by atoms with van der Waals surface area (Å²) >= 11 is 0. The van der Waals surface area contributed by atoms with Crippen LogP contribution in [0.25, 0.3) is 0 Å². The Morgan fingerprint density at radius 1 is 1.15 bits per heavy atom. The van der Waals surface area contributed by atoms with E-state index in [1.807, 2.05) is 29.2 Å². The summed E-state index contributed by atoms with van der Waals surface area (Å²) < 4.78 is 13.2. The van der Waals surface area contributed by atoms with E-state index in [1.165, 1.54) is 12.1 Å². The second kappa shape index (κ2) is 7.58. The molecule has 0 aliphatic carbocycles. The number of carbonyl (C=O) groups excluding carboxylic acids is 1. The van der Waals surface area contributed by atoms with Gasteiger partial charge < -0.3 is 10.0 Å². The van der Waals surface area contributed by atoms with E-state index in [2.05, 4.69) is 0 Å². The molecule has 0 spiro atoms. The fourth-order valence-electron chi connectivity index (χ4n) is 3.47. The molecule has 1 saturated heterocycles. The number of aliphatic hydroxyl groups is 1. The molecule has 3 rings (SSSR count). The maximum Gasteiger partial charge on any atom is 0.254 e. The normalized spacial score (nSPS) is 17.5. The molecule has 1 N–H and O–H groups in total. The van der Waals surface area contributed by atoms with Gasteiger partial charge in [-0.1, -0.05) is 24.3 Å². The molecule has 1 amide bonds. The Morgan fingerprint density at radius 3 is 2.42 bits per heavy atom. The maximum absolute atomic E-state index is 13.2. The molecule has 4 heteroatoms. The van der Waals surface area contributed by atoms with E-state index in [1.54, 1.807) is 26.0 Å². The van der Waals surface area contributed by atoms with E-state index < -0.39 is 5.60 Å². The van der Waals surface area contributed by atoms with Gasteiger partial charge >= 0.3 is 0 Å². The van der Waals surface area contributed by atoms with Gasteiger partial charge in [-0.15, -0.1) is 0 Å². The van der Waals surface area contributed by atoms with Crippen molar-refractivity contribution < 1.29 is 14.3 Å². The van der Waals surface area contributed by atoms with Crippen molar-refractivity contribution >= 4 is 5.91 Å². The molecule has 1 atom stereocenters. The van der Waals surface area contributed by atoms with Crippen molar-refractivity contribution in [1.29, 1.82) is 0 Å². The van der Waals surface area contributed by atoms with E-state index in [0.29, 0.717) is 12.0 Å². The zero-order valence-corrected chi connectivity index (χ0v) is 15.4. The molecule has 1 fully saturated rings. The zero-order valence-electron chi connectivity index (χ0n) is 15.4. The summed E-state index contributed by atoms with van der Waals surface area (Å²) in [5.74, 6) is -0.239. The monoisotopic (exact) mass is 355 g/mol. The van der Waals surface area contributed by atoms with Crippen LogP contribution in [-0.2, 0) is 6.42 Å². The Morgan fingerprint density at radius 2 is 1.81 bits per heavy atom. The Bertz CT molecular complexity index is 747. The molecule has 1 unspecified atom stereocenters. The highest BCUT2D eigenvalue weighted by molar-refractivity contribution is 5.94. The Labute approximate surface area is 154 Å². The van der Waals surface area contributed by atoms with Crippen LogP contribution in [0.2, 0.25) is 0 Å². The topological polar surface area (TPSA) is 40.5 Å². The van der Waals surface area contributed by atoms with Crippen LogP contribution in [0.15, 0.2) is 48.5 Å². The van der Waals surface area contributed by atoms with Crippen LogP contribution in [0, 0.1) is 5.82 Å². The summed E-state index contributed by atoms with van der Waals surface area (Å²) in [5.41, 5.74) is 2.08. The SMILES string of the molecule is CC(C)(O)CCc1ccc(C(=O)N2CCCC2c2ccc(F)cc2)cc1. The third-order valence-corrected chi connectivity index (χ3v) is 4.99. The average Bonchev–Trinajstić information content (AvgIpc) is 3.09. The lowest BCUT2D eigenvalue weighted by atomic mass is 9.98. The number of aryl methyl sites for hydroxylation is 1. The first kappa shape index (κ1) is 18.6.